The SMILES string of the molecule is CC1(C)CC(=NOC(=O)CCCC(O)C=CC(=O)O)CC(C)(C)N1O. The van der Waals surface area contributed by atoms with Crippen molar-refractivity contribution in [1.82, 2.24) is 5.06 Å². The first kappa shape index (κ1) is 21.3. The minimum absolute atomic E-state index is 0.0770. The van der Waals surface area contributed by atoms with Crippen LogP contribution in [-0.2, 0) is 14.4 Å². The van der Waals surface area contributed by atoms with E-state index in [2.05, 4.69) is 5.16 Å². The van der Waals surface area contributed by atoms with Crippen LogP contribution < -0.4 is 0 Å². The highest BCUT2D eigenvalue weighted by molar-refractivity contribution is 5.87. The first-order valence-corrected chi connectivity index (χ1v) is 8.28. The average Bonchev–Trinajstić information content (AvgIpc) is 2.48. The van der Waals surface area contributed by atoms with Crippen molar-refractivity contribution in [1.29, 1.82) is 0 Å². The summed E-state index contributed by atoms with van der Waals surface area (Å²) in [5, 5.41) is 33.4. The van der Waals surface area contributed by atoms with E-state index in [9.17, 15) is 19.9 Å². The molecule has 8 heteroatoms. The minimum Gasteiger partial charge on any atom is -0.478 e. The Kier molecular flexibility index (Phi) is 7.28. The van der Waals surface area contributed by atoms with E-state index in [1.54, 1.807) is 0 Å². The Morgan fingerprint density at radius 3 is 2.36 bits per heavy atom. The molecule has 1 aliphatic rings. The number of nitrogens with zero attached hydrogens (tertiary/aromatic N) is 2. The van der Waals surface area contributed by atoms with E-state index in [0.717, 1.165) is 6.08 Å². The second kappa shape index (κ2) is 8.55. The van der Waals surface area contributed by atoms with Gasteiger partial charge in [-0.1, -0.05) is 5.16 Å². The van der Waals surface area contributed by atoms with Gasteiger partial charge in [0.05, 0.1) is 11.8 Å². The molecule has 0 spiro atoms. The summed E-state index contributed by atoms with van der Waals surface area (Å²) in [6.45, 7) is 7.54. The molecule has 8 nitrogen and oxygen atoms in total. The zero-order valence-electron chi connectivity index (χ0n) is 15.2. The van der Waals surface area contributed by atoms with E-state index >= 15 is 0 Å². The van der Waals surface area contributed by atoms with E-state index in [0.29, 0.717) is 25.0 Å². The molecule has 1 atom stereocenters. The topological polar surface area (TPSA) is 120 Å². The lowest BCUT2D eigenvalue weighted by Gasteiger charge is -2.48. The number of carbonyl (C=O) groups is 2. The highest BCUT2D eigenvalue weighted by Crippen LogP contribution is 2.35. The Labute approximate surface area is 147 Å². The second-order valence-electron chi connectivity index (χ2n) is 7.57. The van der Waals surface area contributed by atoms with Crippen LogP contribution in [-0.4, -0.2) is 55.3 Å². The van der Waals surface area contributed by atoms with Crippen LogP contribution in [0.15, 0.2) is 17.3 Å². The van der Waals surface area contributed by atoms with E-state index < -0.39 is 29.1 Å². The monoisotopic (exact) mass is 356 g/mol. The highest BCUT2D eigenvalue weighted by Gasteiger charge is 2.43. The van der Waals surface area contributed by atoms with Crippen molar-refractivity contribution in [3.05, 3.63) is 12.2 Å². The molecule has 1 fully saturated rings. The van der Waals surface area contributed by atoms with Crippen molar-refractivity contribution in [2.45, 2.75) is 77.0 Å². The van der Waals surface area contributed by atoms with Gasteiger partial charge in [-0.15, -0.1) is 0 Å². The van der Waals surface area contributed by atoms with Gasteiger partial charge in [-0.2, -0.15) is 5.06 Å². The standard InChI is InChI=1S/C17H28N2O6/c1-16(2)10-12(11-17(3,4)19(16)24)18-25-15(23)7-5-6-13(20)8-9-14(21)22/h8-9,13,20,24H,5-7,10-11H2,1-4H3,(H,21,22). The molecule has 0 radical (unpaired) electrons. The molecule has 142 valence electrons. The molecule has 0 aromatic rings. The van der Waals surface area contributed by atoms with Crippen molar-refractivity contribution in [3.63, 3.8) is 0 Å². The smallest absolute Gasteiger partial charge is 0.335 e. The van der Waals surface area contributed by atoms with Crippen LogP contribution in [0.1, 0.15) is 59.8 Å². The van der Waals surface area contributed by atoms with Crippen LogP contribution in [0.4, 0.5) is 0 Å². The second-order valence-corrected chi connectivity index (χ2v) is 7.57. The van der Waals surface area contributed by atoms with E-state index in [-0.39, 0.29) is 12.8 Å². The number of aliphatic hydroxyl groups is 1. The van der Waals surface area contributed by atoms with Gasteiger partial charge in [0.15, 0.2) is 0 Å². The molecule has 1 saturated heterocycles. The van der Waals surface area contributed by atoms with Crippen molar-refractivity contribution in [2.75, 3.05) is 0 Å². The molecule has 0 bridgehead atoms. The Morgan fingerprint density at radius 2 is 1.84 bits per heavy atom. The molecule has 1 aliphatic heterocycles. The van der Waals surface area contributed by atoms with Gasteiger partial charge in [0.25, 0.3) is 0 Å². The highest BCUT2D eigenvalue weighted by atomic mass is 16.7. The van der Waals surface area contributed by atoms with Crippen LogP contribution >= 0.6 is 0 Å². The summed E-state index contributed by atoms with van der Waals surface area (Å²) in [6, 6.07) is 0. The predicted octanol–water partition coefficient (Wildman–Crippen LogP) is 2.10. The lowest BCUT2D eigenvalue weighted by Crippen LogP contribution is -2.59. The number of hydrogen-bond donors (Lipinski definition) is 3. The third kappa shape index (κ3) is 6.93. The van der Waals surface area contributed by atoms with Gasteiger partial charge >= 0.3 is 11.9 Å². The van der Waals surface area contributed by atoms with Gasteiger partial charge in [0.1, 0.15) is 0 Å². The maximum Gasteiger partial charge on any atom is 0.335 e. The Hall–Kier alpha value is -1.77. The third-order valence-electron chi connectivity index (χ3n) is 4.04. The summed E-state index contributed by atoms with van der Waals surface area (Å²) in [4.78, 5) is 27.0. The maximum absolute atomic E-state index is 11.7. The lowest BCUT2D eigenvalue weighted by molar-refractivity contribution is -0.226. The third-order valence-corrected chi connectivity index (χ3v) is 4.04. The summed E-state index contributed by atoms with van der Waals surface area (Å²) in [7, 11) is 0. The number of aliphatic hydroxyl groups excluding tert-OH is 1. The van der Waals surface area contributed by atoms with E-state index in [1.807, 2.05) is 27.7 Å². The number of aliphatic carboxylic acids is 1. The molecule has 1 unspecified atom stereocenters. The molecule has 1 rings (SSSR count). The first-order valence-electron chi connectivity index (χ1n) is 8.28. The fraction of sp³-hybridized carbons (Fsp3) is 0.706. The van der Waals surface area contributed by atoms with Gasteiger partial charge in [0.2, 0.25) is 0 Å². The molecule has 1 heterocycles. The normalized spacial score (nSPS) is 21.1. The van der Waals surface area contributed by atoms with Crippen LogP contribution in [0.25, 0.3) is 0 Å². The summed E-state index contributed by atoms with van der Waals surface area (Å²) in [5.74, 6) is -1.64. The van der Waals surface area contributed by atoms with Crippen molar-refractivity contribution < 1.29 is 29.8 Å². The van der Waals surface area contributed by atoms with Gasteiger partial charge in [-0.25, -0.2) is 9.59 Å². The molecule has 0 aliphatic carbocycles. The van der Waals surface area contributed by atoms with Gasteiger partial charge < -0.3 is 20.3 Å². The number of rotatable bonds is 7. The largest absolute Gasteiger partial charge is 0.478 e. The summed E-state index contributed by atoms with van der Waals surface area (Å²) in [5.41, 5.74) is -0.306. The summed E-state index contributed by atoms with van der Waals surface area (Å²) in [6.07, 6.45) is 2.79. The number of hydroxylamine groups is 2. The van der Waals surface area contributed by atoms with Gasteiger partial charge in [0, 0.05) is 36.4 Å². The summed E-state index contributed by atoms with van der Waals surface area (Å²) < 4.78 is 0. The predicted molar refractivity (Wildman–Crippen MR) is 91.2 cm³/mol. The van der Waals surface area contributed by atoms with Gasteiger partial charge in [-0.3, -0.25) is 0 Å². The number of hydrogen-bond acceptors (Lipinski definition) is 7. The fourth-order valence-corrected chi connectivity index (χ4v) is 3.00. The lowest BCUT2D eigenvalue weighted by atomic mass is 9.81. The van der Waals surface area contributed by atoms with Crippen molar-refractivity contribution in [3.8, 4) is 0 Å². The van der Waals surface area contributed by atoms with Crippen molar-refractivity contribution >= 4 is 17.7 Å². The Bertz CT molecular complexity index is 533. The molecule has 0 amide bonds. The van der Waals surface area contributed by atoms with Crippen molar-refractivity contribution in [2.24, 2.45) is 5.16 Å². The number of piperidine rings is 1. The van der Waals surface area contributed by atoms with Crippen LogP contribution in [0.5, 0.6) is 0 Å². The molecule has 25 heavy (non-hydrogen) atoms. The summed E-state index contributed by atoms with van der Waals surface area (Å²) >= 11 is 0. The minimum atomic E-state index is -1.13. The average molecular weight is 356 g/mol. The number of carboxylic acid groups (broad SMARTS) is 1. The molecular formula is C17H28N2O6. The molecular weight excluding hydrogens is 328 g/mol. The zero-order valence-corrected chi connectivity index (χ0v) is 15.2. The quantitative estimate of drug-likeness (QED) is 0.363. The number of carboxylic acids is 1. The fourth-order valence-electron chi connectivity index (χ4n) is 3.00. The van der Waals surface area contributed by atoms with E-state index in [1.165, 1.54) is 11.1 Å². The molecule has 0 saturated carbocycles. The molecule has 0 aromatic heterocycles. The van der Waals surface area contributed by atoms with Gasteiger partial charge in [-0.05, 0) is 46.6 Å². The van der Waals surface area contributed by atoms with Crippen LogP contribution in [0, 0.1) is 0 Å². The maximum atomic E-state index is 11.7. The Morgan fingerprint density at radius 1 is 1.28 bits per heavy atom. The number of carbonyl (C=O) groups excluding carboxylic acids is 1. The molecule has 3 N–H and O–H groups in total. The van der Waals surface area contributed by atoms with Crippen LogP contribution in [0.3, 0.4) is 0 Å². The first-order chi connectivity index (χ1) is 11.4. The zero-order chi connectivity index (χ0) is 19.3. The van der Waals surface area contributed by atoms with E-state index in [4.69, 9.17) is 9.94 Å². The Balaban J connectivity index is 2.45. The molecule has 0 aromatic carbocycles. The van der Waals surface area contributed by atoms with Crippen LogP contribution in [0.2, 0.25) is 0 Å². The number of oxime groups is 1.